The van der Waals surface area contributed by atoms with Crippen molar-refractivity contribution in [2.24, 2.45) is 0 Å². The number of carbonyl (C=O) groups is 1. The molecule has 5 rings (SSSR count). The van der Waals surface area contributed by atoms with Crippen LogP contribution in [0.25, 0.3) is 10.9 Å². The summed E-state index contributed by atoms with van der Waals surface area (Å²) in [5, 5.41) is 10.5. The van der Waals surface area contributed by atoms with Gasteiger partial charge in [0.1, 0.15) is 12.4 Å². The molecule has 0 saturated heterocycles. The van der Waals surface area contributed by atoms with E-state index in [1.165, 1.54) is 6.07 Å². The summed E-state index contributed by atoms with van der Waals surface area (Å²) in [5.41, 5.74) is 2.02. The first kappa shape index (κ1) is 23.1. The van der Waals surface area contributed by atoms with Gasteiger partial charge in [0.05, 0.1) is 22.5 Å². The van der Waals surface area contributed by atoms with Crippen LogP contribution < -0.4 is 4.74 Å². The molecular weight excluding hydrogens is 467 g/mol. The topological polar surface area (TPSA) is 51.5 Å². The fourth-order valence-electron chi connectivity index (χ4n) is 5.57. The second kappa shape index (κ2) is 8.84. The fraction of sp³-hybridized carbons (Fsp3) is 0.423. The molecule has 1 aliphatic heterocycles. The van der Waals surface area contributed by atoms with Crippen molar-refractivity contribution in [2.75, 3.05) is 0 Å². The van der Waals surface area contributed by atoms with Gasteiger partial charge in [-0.2, -0.15) is 13.2 Å². The number of aryl methyl sites for hydroxylation is 1. The van der Waals surface area contributed by atoms with Crippen molar-refractivity contribution in [1.82, 2.24) is 4.57 Å². The van der Waals surface area contributed by atoms with Crippen molar-refractivity contribution in [3.8, 4) is 5.75 Å². The highest BCUT2D eigenvalue weighted by molar-refractivity contribution is 6.36. The van der Waals surface area contributed by atoms with Gasteiger partial charge in [0.25, 0.3) is 0 Å². The highest BCUT2D eigenvalue weighted by Gasteiger charge is 2.36. The first-order chi connectivity index (χ1) is 16.2. The maximum absolute atomic E-state index is 13.8. The summed E-state index contributed by atoms with van der Waals surface area (Å²) in [7, 11) is 0. The minimum atomic E-state index is -4.40. The molecule has 0 spiro atoms. The Morgan fingerprint density at radius 3 is 2.59 bits per heavy atom. The molecule has 1 N–H and O–H groups in total. The number of benzene rings is 2. The van der Waals surface area contributed by atoms with E-state index in [0.29, 0.717) is 28.4 Å². The fourth-order valence-corrected chi connectivity index (χ4v) is 5.98. The lowest BCUT2D eigenvalue weighted by molar-refractivity contribution is -0.139. The van der Waals surface area contributed by atoms with Gasteiger partial charge in [0.15, 0.2) is 0 Å². The first-order valence-corrected chi connectivity index (χ1v) is 12.0. The lowest BCUT2D eigenvalue weighted by Gasteiger charge is -2.19. The Bertz CT molecular complexity index is 1240. The smallest absolute Gasteiger partial charge is 0.416 e. The molecule has 1 aromatic heterocycles. The Morgan fingerprint density at radius 2 is 1.88 bits per heavy atom. The number of fused-ring (bicyclic) bond motifs is 3. The summed E-state index contributed by atoms with van der Waals surface area (Å²) < 4.78 is 49.2. The number of hydrogen-bond donors (Lipinski definition) is 1. The van der Waals surface area contributed by atoms with Crippen LogP contribution in [-0.2, 0) is 24.1 Å². The zero-order chi connectivity index (χ0) is 24.0. The van der Waals surface area contributed by atoms with Crippen molar-refractivity contribution in [3.05, 3.63) is 63.8 Å². The summed E-state index contributed by atoms with van der Waals surface area (Å²) in [5.74, 6) is -0.526. The van der Waals surface area contributed by atoms with Crippen LogP contribution in [0.4, 0.5) is 13.2 Å². The zero-order valence-electron chi connectivity index (χ0n) is 18.5. The van der Waals surface area contributed by atoms with Crippen LogP contribution in [0, 0.1) is 0 Å². The molecule has 0 bridgehead atoms. The maximum Gasteiger partial charge on any atom is 0.416 e. The molecule has 3 aromatic rings. The van der Waals surface area contributed by atoms with E-state index in [1.807, 2.05) is 10.6 Å². The molecule has 2 aromatic carbocycles. The monoisotopic (exact) mass is 491 g/mol. The molecular formula is C26H25ClF3NO3. The second-order valence-corrected chi connectivity index (χ2v) is 9.68. The van der Waals surface area contributed by atoms with E-state index < -0.39 is 17.7 Å². The predicted molar refractivity (Wildman–Crippen MR) is 124 cm³/mol. The van der Waals surface area contributed by atoms with E-state index in [4.69, 9.17) is 16.3 Å². The number of carboxylic acid groups (broad SMARTS) is 1. The highest BCUT2D eigenvalue weighted by atomic mass is 35.5. The Balaban J connectivity index is 1.38. The van der Waals surface area contributed by atoms with E-state index >= 15 is 0 Å². The van der Waals surface area contributed by atoms with E-state index in [-0.39, 0.29) is 24.9 Å². The van der Waals surface area contributed by atoms with Gasteiger partial charge in [-0.1, -0.05) is 36.6 Å². The van der Waals surface area contributed by atoms with Gasteiger partial charge in [-0.05, 0) is 60.6 Å². The van der Waals surface area contributed by atoms with Crippen LogP contribution in [0.1, 0.15) is 72.7 Å². The second-order valence-electron chi connectivity index (χ2n) is 9.30. The molecule has 0 unspecified atom stereocenters. The third-order valence-corrected chi connectivity index (χ3v) is 7.54. The molecule has 1 saturated carbocycles. The SMILES string of the molecule is O=C(O)C[C@H]1CCn2c1c(Cl)c1cc(OCc3ccc(C4CCCC4)c(C(F)(F)F)c3)ccc12. The largest absolute Gasteiger partial charge is 0.489 e. The Kier molecular flexibility index (Phi) is 6.00. The summed E-state index contributed by atoms with van der Waals surface area (Å²) in [6, 6.07) is 9.96. The average molecular weight is 492 g/mol. The van der Waals surface area contributed by atoms with E-state index in [9.17, 15) is 23.1 Å². The number of ether oxygens (including phenoxy) is 1. The van der Waals surface area contributed by atoms with E-state index in [0.717, 1.165) is 48.7 Å². The average Bonchev–Trinajstić information content (AvgIpc) is 3.51. The summed E-state index contributed by atoms with van der Waals surface area (Å²) >= 11 is 6.63. The van der Waals surface area contributed by atoms with Crippen LogP contribution >= 0.6 is 11.6 Å². The van der Waals surface area contributed by atoms with Gasteiger partial charge in [-0.15, -0.1) is 0 Å². The van der Waals surface area contributed by atoms with Crippen LogP contribution in [0.3, 0.4) is 0 Å². The zero-order valence-corrected chi connectivity index (χ0v) is 19.3. The maximum atomic E-state index is 13.8. The molecule has 1 atom stereocenters. The van der Waals surface area contributed by atoms with Crippen LogP contribution in [-0.4, -0.2) is 15.6 Å². The number of rotatable bonds is 6. The van der Waals surface area contributed by atoms with Crippen molar-refractivity contribution in [1.29, 1.82) is 0 Å². The van der Waals surface area contributed by atoms with Gasteiger partial charge in [0.2, 0.25) is 0 Å². The lowest BCUT2D eigenvalue weighted by Crippen LogP contribution is -2.12. The number of carboxylic acids is 1. The molecule has 180 valence electrons. The molecule has 0 amide bonds. The Labute approximate surface area is 200 Å². The number of aliphatic carboxylic acids is 1. The molecule has 34 heavy (non-hydrogen) atoms. The van der Waals surface area contributed by atoms with E-state index in [2.05, 4.69) is 0 Å². The number of aromatic nitrogens is 1. The minimum absolute atomic E-state index is 0.00631. The Morgan fingerprint density at radius 1 is 1.12 bits per heavy atom. The molecule has 1 aliphatic carbocycles. The first-order valence-electron chi connectivity index (χ1n) is 11.6. The highest BCUT2D eigenvalue weighted by Crippen LogP contribution is 2.44. The number of hydrogen-bond acceptors (Lipinski definition) is 2. The van der Waals surface area contributed by atoms with Crippen molar-refractivity contribution >= 4 is 28.5 Å². The molecule has 2 aliphatic rings. The minimum Gasteiger partial charge on any atom is -0.489 e. The van der Waals surface area contributed by atoms with Gasteiger partial charge >= 0.3 is 12.1 Å². The Hall–Kier alpha value is -2.67. The normalized spacial score (nSPS) is 18.5. The third kappa shape index (κ3) is 4.26. The van der Waals surface area contributed by atoms with Gasteiger partial charge in [-0.25, -0.2) is 0 Å². The third-order valence-electron chi connectivity index (χ3n) is 7.14. The molecule has 2 heterocycles. The predicted octanol–water partition coefficient (Wildman–Crippen LogP) is 7.51. The summed E-state index contributed by atoms with van der Waals surface area (Å²) in [4.78, 5) is 11.2. The molecule has 0 radical (unpaired) electrons. The van der Waals surface area contributed by atoms with Crippen molar-refractivity contribution in [3.63, 3.8) is 0 Å². The van der Waals surface area contributed by atoms with Gasteiger partial charge in [-0.3, -0.25) is 4.79 Å². The van der Waals surface area contributed by atoms with Crippen LogP contribution in [0.15, 0.2) is 36.4 Å². The van der Waals surface area contributed by atoms with Crippen LogP contribution in [0.2, 0.25) is 5.02 Å². The standard InChI is InChI=1S/C26H25ClF3NO3/c27-24-20-13-18(6-8-22(20)31-10-9-17(25(24)31)12-23(32)33)34-14-15-5-7-19(16-3-1-2-4-16)21(11-15)26(28,29)30/h5-8,11,13,16-17H,1-4,9-10,12,14H2,(H,32,33)/t17-/m1/s1. The van der Waals surface area contributed by atoms with E-state index in [1.54, 1.807) is 24.3 Å². The number of alkyl halides is 3. The lowest BCUT2D eigenvalue weighted by atomic mass is 9.91. The van der Waals surface area contributed by atoms with Gasteiger partial charge in [0, 0.05) is 23.5 Å². The quantitative estimate of drug-likeness (QED) is 0.388. The van der Waals surface area contributed by atoms with Crippen LogP contribution in [0.5, 0.6) is 5.75 Å². The molecule has 8 heteroatoms. The van der Waals surface area contributed by atoms with Gasteiger partial charge < -0.3 is 14.4 Å². The number of nitrogens with zero attached hydrogens (tertiary/aromatic N) is 1. The molecule has 4 nitrogen and oxygen atoms in total. The summed E-state index contributed by atoms with van der Waals surface area (Å²) in [6.07, 6.45) is -0.105. The molecule has 1 fully saturated rings. The van der Waals surface area contributed by atoms with Crippen molar-refractivity contribution < 1.29 is 27.8 Å². The van der Waals surface area contributed by atoms with Crippen molar-refractivity contribution in [2.45, 2.75) is 69.7 Å². The summed E-state index contributed by atoms with van der Waals surface area (Å²) in [6.45, 7) is 0.705. The number of halogens is 4.